The van der Waals surface area contributed by atoms with Gasteiger partial charge in [-0.05, 0) is 54.9 Å². The first kappa shape index (κ1) is 8.40. The summed E-state index contributed by atoms with van der Waals surface area (Å²) in [6.45, 7) is 0. The van der Waals surface area contributed by atoms with Gasteiger partial charge in [-0.2, -0.15) is 0 Å². The fourth-order valence-corrected chi connectivity index (χ4v) is 4.56. The Bertz CT molecular complexity index is 356. The minimum atomic E-state index is 0.238. The molecule has 80 valence electrons. The van der Waals surface area contributed by atoms with Crippen molar-refractivity contribution in [3.63, 3.8) is 0 Å². The fourth-order valence-electron chi connectivity index (χ4n) is 4.56. The lowest BCUT2D eigenvalue weighted by Gasteiger charge is -2.14. The van der Waals surface area contributed by atoms with Crippen molar-refractivity contribution < 1.29 is 4.42 Å². The first-order valence-electron chi connectivity index (χ1n) is 6.14. The molecule has 2 nitrogen and oxygen atoms in total. The van der Waals surface area contributed by atoms with Crippen LogP contribution in [-0.2, 0) is 0 Å². The molecule has 0 amide bonds. The summed E-state index contributed by atoms with van der Waals surface area (Å²) < 4.78 is 5.13. The van der Waals surface area contributed by atoms with E-state index in [1.54, 1.807) is 6.26 Å². The Morgan fingerprint density at radius 3 is 2.60 bits per heavy atom. The van der Waals surface area contributed by atoms with Crippen LogP contribution in [0.3, 0.4) is 0 Å². The average molecular weight is 203 g/mol. The third-order valence-corrected chi connectivity index (χ3v) is 5.14. The molecule has 2 N–H and O–H groups in total. The van der Waals surface area contributed by atoms with Gasteiger partial charge in [-0.25, -0.2) is 0 Å². The maximum absolute atomic E-state index is 6.33. The standard InChI is InChI=1S/C13H17NO/c14-13(9-3-4-15-6-9)12-10-7-1-2-8(5-7)11(10)12/h3-4,6-8,10-13H,1-2,5,14H2. The zero-order chi connectivity index (χ0) is 9.99. The Morgan fingerprint density at radius 1 is 1.27 bits per heavy atom. The van der Waals surface area contributed by atoms with Crippen LogP contribution in [0.2, 0.25) is 0 Å². The summed E-state index contributed by atoms with van der Waals surface area (Å²) in [6, 6.07) is 2.27. The Balaban J connectivity index is 1.58. The van der Waals surface area contributed by atoms with Gasteiger partial charge in [0.05, 0.1) is 12.5 Å². The van der Waals surface area contributed by atoms with Crippen molar-refractivity contribution in [3.05, 3.63) is 24.2 Å². The zero-order valence-corrected chi connectivity index (χ0v) is 8.80. The Labute approximate surface area is 89.8 Å². The highest BCUT2D eigenvalue weighted by molar-refractivity contribution is 5.22. The van der Waals surface area contributed by atoms with Crippen LogP contribution in [0.15, 0.2) is 23.0 Å². The molecule has 15 heavy (non-hydrogen) atoms. The summed E-state index contributed by atoms with van der Waals surface area (Å²) in [4.78, 5) is 0. The summed E-state index contributed by atoms with van der Waals surface area (Å²) >= 11 is 0. The van der Waals surface area contributed by atoms with Crippen LogP contribution in [0.25, 0.3) is 0 Å². The highest BCUT2D eigenvalue weighted by atomic mass is 16.3. The first-order chi connectivity index (χ1) is 7.36. The van der Waals surface area contributed by atoms with Gasteiger partial charge in [0.2, 0.25) is 0 Å². The van der Waals surface area contributed by atoms with Gasteiger partial charge in [-0.15, -0.1) is 0 Å². The van der Waals surface area contributed by atoms with Crippen molar-refractivity contribution in [2.75, 3.05) is 0 Å². The van der Waals surface area contributed by atoms with Crippen LogP contribution in [0.4, 0.5) is 0 Å². The van der Waals surface area contributed by atoms with E-state index in [4.69, 9.17) is 10.2 Å². The molecule has 1 aromatic rings. The van der Waals surface area contributed by atoms with Crippen LogP contribution in [0.1, 0.15) is 30.9 Å². The molecule has 1 heterocycles. The second-order valence-corrected chi connectivity index (χ2v) is 5.65. The molecule has 0 saturated heterocycles. The van der Waals surface area contributed by atoms with Crippen molar-refractivity contribution in [1.82, 2.24) is 0 Å². The van der Waals surface area contributed by atoms with E-state index in [2.05, 4.69) is 0 Å². The molecule has 3 aliphatic carbocycles. The summed E-state index contributed by atoms with van der Waals surface area (Å²) in [5.41, 5.74) is 7.53. The third kappa shape index (κ3) is 0.984. The van der Waals surface area contributed by atoms with Crippen molar-refractivity contribution in [1.29, 1.82) is 0 Å². The SMILES string of the molecule is NC(c1ccoc1)C1C2C3CCC(C3)C21. The molecule has 0 aromatic carbocycles. The van der Waals surface area contributed by atoms with E-state index >= 15 is 0 Å². The van der Waals surface area contributed by atoms with Crippen molar-refractivity contribution >= 4 is 0 Å². The molecule has 0 spiro atoms. The average Bonchev–Trinajstić information content (AvgIpc) is 2.70. The van der Waals surface area contributed by atoms with E-state index in [0.29, 0.717) is 0 Å². The minimum Gasteiger partial charge on any atom is -0.472 e. The normalized spacial score (nSPS) is 47.9. The molecule has 5 atom stereocenters. The molecule has 5 unspecified atom stereocenters. The summed E-state index contributed by atoms with van der Waals surface area (Å²) in [5, 5.41) is 0. The number of fused-ring (bicyclic) bond motifs is 5. The fraction of sp³-hybridized carbons (Fsp3) is 0.692. The summed E-state index contributed by atoms with van der Waals surface area (Å²) in [6.07, 6.45) is 8.01. The highest BCUT2D eigenvalue weighted by Crippen LogP contribution is 2.71. The second kappa shape index (κ2) is 2.67. The zero-order valence-electron chi connectivity index (χ0n) is 8.80. The lowest BCUT2D eigenvalue weighted by Crippen LogP contribution is -2.16. The number of rotatable bonds is 2. The maximum atomic E-state index is 6.33. The Morgan fingerprint density at radius 2 is 2.00 bits per heavy atom. The molecule has 1 aromatic heterocycles. The van der Waals surface area contributed by atoms with E-state index in [1.807, 2.05) is 12.3 Å². The first-order valence-corrected chi connectivity index (χ1v) is 6.14. The van der Waals surface area contributed by atoms with Gasteiger partial charge < -0.3 is 10.2 Å². The third-order valence-electron chi connectivity index (χ3n) is 5.14. The van der Waals surface area contributed by atoms with Gasteiger partial charge >= 0.3 is 0 Å². The largest absolute Gasteiger partial charge is 0.472 e. The van der Waals surface area contributed by atoms with Gasteiger partial charge in [0.1, 0.15) is 0 Å². The number of furan rings is 1. The molecule has 2 heteroatoms. The van der Waals surface area contributed by atoms with Gasteiger partial charge in [0.15, 0.2) is 0 Å². The molecular formula is C13H17NO. The van der Waals surface area contributed by atoms with Crippen LogP contribution >= 0.6 is 0 Å². The van der Waals surface area contributed by atoms with Crippen molar-refractivity contribution in [2.24, 2.45) is 35.3 Å². The predicted octanol–water partition coefficient (Wildman–Crippen LogP) is 2.57. The molecular weight excluding hydrogens is 186 g/mol. The summed E-state index contributed by atoms with van der Waals surface area (Å²) in [5.74, 6) is 4.74. The van der Waals surface area contributed by atoms with Gasteiger partial charge in [0, 0.05) is 11.6 Å². The molecule has 4 rings (SSSR count). The van der Waals surface area contributed by atoms with E-state index in [1.165, 1.54) is 24.8 Å². The smallest absolute Gasteiger partial charge is 0.0950 e. The molecule has 0 radical (unpaired) electrons. The lowest BCUT2D eigenvalue weighted by molar-refractivity contribution is 0.415. The van der Waals surface area contributed by atoms with E-state index in [9.17, 15) is 0 Å². The molecule has 3 saturated carbocycles. The number of hydrogen-bond acceptors (Lipinski definition) is 2. The highest BCUT2D eigenvalue weighted by Gasteiger charge is 2.66. The van der Waals surface area contributed by atoms with Crippen LogP contribution < -0.4 is 5.73 Å². The second-order valence-electron chi connectivity index (χ2n) is 5.65. The van der Waals surface area contributed by atoms with Gasteiger partial charge in [-0.3, -0.25) is 0 Å². The molecule has 3 aliphatic rings. The van der Waals surface area contributed by atoms with Crippen molar-refractivity contribution in [2.45, 2.75) is 25.3 Å². The molecule has 3 fully saturated rings. The Kier molecular flexibility index (Phi) is 1.50. The van der Waals surface area contributed by atoms with E-state index in [0.717, 1.165) is 29.6 Å². The lowest BCUT2D eigenvalue weighted by atomic mass is 9.95. The van der Waals surface area contributed by atoms with E-state index < -0.39 is 0 Å². The topological polar surface area (TPSA) is 39.2 Å². The van der Waals surface area contributed by atoms with Crippen LogP contribution in [0, 0.1) is 29.6 Å². The van der Waals surface area contributed by atoms with Crippen LogP contribution in [-0.4, -0.2) is 0 Å². The number of hydrogen-bond donors (Lipinski definition) is 1. The van der Waals surface area contributed by atoms with Crippen LogP contribution in [0.5, 0.6) is 0 Å². The van der Waals surface area contributed by atoms with E-state index in [-0.39, 0.29) is 6.04 Å². The molecule has 2 bridgehead atoms. The predicted molar refractivity (Wildman–Crippen MR) is 56.9 cm³/mol. The Hall–Kier alpha value is -0.760. The van der Waals surface area contributed by atoms with Gasteiger partial charge in [0.25, 0.3) is 0 Å². The minimum absolute atomic E-state index is 0.238. The number of nitrogens with two attached hydrogens (primary N) is 1. The monoisotopic (exact) mass is 203 g/mol. The quantitative estimate of drug-likeness (QED) is 0.802. The maximum Gasteiger partial charge on any atom is 0.0950 e. The van der Waals surface area contributed by atoms with Gasteiger partial charge in [-0.1, -0.05) is 0 Å². The molecule has 0 aliphatic heterocycles. The van der Waals surface area contributed by atoms with Crippen molar-refractivity contribution in [3.8, 4) is 0 Å². The summed E-state index contributed by atoms with van der Waals surface area (Å²) in [7, 11) is 0.